The van der Waals surface area contributed by atoms with Crippen LogP contribution in [0, 0.1) is 0 Å². The molecule has 0 saturated carbocycles. The third kappa shape index (κ3) is 5.23. The smallest absolute Gasteiger partial charge is 0.142 e. The molecule has 0 aromatic heterocycles. The molecule has 18 heavy (non-hydrogen) atoms. The van der Waals surface area contributed by atoms with Gasteiger partial charge in [0, 0.05) is 23.2 Å². The molecule has 5 heteroatoms. The van der Waals surface area contributed by atoms with E-state index in [0.29, 0.717) is 29.2 Å². The van der Waals surface area contributed by atoms with Gasteiger partial charge < -0.3 is 10.1 Å². The lowest BCUT2D eigenvalue weighted by Gasteiger charge is -2.16. The number of hydrogen-bond donors (Lipinski definition) is 1. The van der Waals surface area contributed by atoms with Gasteiger partial charge in [-0.2, -0.15) is 0 Å². The topological polar surface area (TPSA) is 21.3 Å². The van der Waals surface area contributed by atoms with Crippen molar-refractivity contribution in [3.63, 3.8) is 0 Å². The molecule has 104 valence electrons. The lowest BCUT2D eigenvalue weighted by molar-refractivity contribution is 0.335. The Balaban J connectivity index is 0.00000289. The van der Waals surface area contributed by atoms with Gasteiger partial charge in [0.15, 0.2) is 0 Å². The molecule has 1 unspecified atom stereocenters. The van der Waals surface area contributed by atoms with Crippen LogP contribution in [0.15, 0.2) is 12.1 Å². The Kier molecular flexibility index (Phi) is 8.79. The zero-order valence-corrected chi connectivity index (χ0v) is 13.3. The lowest BCUT2D eigenvalue weighted by atomic mass is 10.1. The highest BCUT2D eigenvalue weighted by atomic mass is 35.5. The van der Waals surface area contributed by atoms with Crippen LogP contribution >= 0.6 is 35.6 Å². The Labute approximate surface area is 125 Å². The predicted molar refractivity (Wildman–Crippen MR) is 81.5 cm³/mol. The number of halogens is 3. The summed E-state index contributed by atoms with van der Waals surface area (Å²) >= 11 is 12.1. The molecule has 0 aliphatic heterocycles. The van der Waals surface area contributed by atoms with Crippen LogP contribution in [0.2, 0.25) is 10.0 Å². The van der Waals surface area contributed by atoms with Crippen LogP contribution < -0.4 is 10.1 Å². The van der Waals surface area contributed by atoms with Crippen LogP contribution in [-0.2, 0) is 6.54 Å². The standard InChI is InChI=1S/C13H19Cl2NO.ClH/c1-4-9(3)16-8-10-6-11(14)7-12(15)13(10)17-5-2;/h6-7,9,16H,4-5,8H2,1-3H3;1H. The van der Waals surface area contributed by atoms with Crippen molar-refractivity contribution in [3.8, 4) is 5.75 Å². The molecule has 0 amide bonds. The maximum atomic E-state index is 6.13. The minimum atomic E-state index is 0. The molecule has 1 N–H and O–H groups in total. The quantitative estimate of drug-likeness (QED) is 0.822. The second kappa shape index (κ2) is 8.87. The Morgan fingerprint density at radius 3 is 2.50 bits per heavy atom. The minimum Gasteiger partial charge on any atom is -0.492 e. The summed E-state index contributed by atoms with van der Waals surface area (Å²) in [5, 5.41) is 4.61. The molecule has 0 aliphatic carbocycles. The van der Waals surface area contributed by atoms with Crippen LogP contribution in [-0.4, -0.2) is 12.6 Å². The van der Waals surface area contributed by atoms with Gasteiger partial charge in [-0.3, -0.25) is 0 Å². The van der Waals surface area contributed by atoms with Crippen molar-refractivity contribution < 1.29 is 4.74 Å². The highest BCUT2D eigenvalue weighted by Gasteiger charge is 2.11. The maximum absolute atomic E-state index is 6.13. The average molecular weight is 313 g/mol. The van der Waals surface area contributed by atoms with Crippen molar-refractivity contribution in [2.45, 2.75) is 39.8 Å². The fourth-order valence-electron chi connectivity index (χ4n) is 1.48. The molecule has 0 fully saturated rings. The second-order valence-electron chi connectivity index (χ2n) is 4.00. The first kappa shape index (κ1) is 17.8. The molecular formula is C13H20Cl3NO. The summed E-state index contributed by atoms with van der Waals surface area (Å²) in [6, 6.07) is 4.07. The molecule has 2 nitrogen and oxygen atoms in total. The van der Waals surface area contributed by atoms with Gasteiger partial charge in [-0.15, -0.1) is 12.4 Å². The van der Waals surface area contributed by atoms with E-state index < -0.39 is 0 Å². The first-order valence-corrected chi connectivity index (χ1v) is 6.68. The van der Waals surface area contributed by atoms with E-state index in [1.807, 2.05) is 13.0 Å². The Morgan fingerprint density at radius 1 is 1.28 bits per heavy atom. The molecule has 0 aliphatic rings. The molecule has 1 aromatic rings. The van der Waals surface area contributed by atoms with Gasteiger partial charge >= 0.3 is 0 Å². The van der Waals surface area contributed by atoms with Crippen LogP contribution in [0.1, 0.15) is 32.8 Å². The largest absolute Gasteiger partial charge is 0.492 e. The maximum Gasteiger partial charge on any atom is 0.142 e. The zero-order valence-electron chi connectivity index (χ0n) is 10.9. The van der Waals surface area contributed by atoms with Crippen LogP contribution in [0.5, 0.6) is 5.75 Å². The van der Waals surface area contributed by atoms with Crippen molar-refractivity contribution in [2.75, 3.05) is 6.61 Å². The van der Waals surface area contributed by atoms with Crippen LogP contribution in [0.25, 0.3) is 0 Å². The average Bonchev–Trinajstić information content (AvgIpc) is 2.29. The molecule has 1 atom stereocenters. The van der Waals surface area contributed by atoms with E-state index >= 15 is 0 Å². The zero-order chi connectivity index (χ0) is 12.8. The third-order valence-electron chi connectivity index (χ3n) is 2.63. The van der Waals surface area contributed by atoms with Crippen molar-refractivity contribution in [1.29, 1.82) is 0 Å². The predicted octanol–water partition coefficient (Wildman–Crippen LogP) is 4.70. The van der Waals surface area contributed by atoms with Gasteiger partial charge in [0.05, 0.1) is 11.6 Å². The van der Waals surface area contributed by atoms with Gasteiger partial charge in [-0.1, -0.05) is 30.1 Å². The summed E-state index contributed by atoms with van der Waals surface area (Å²) in [7, 11) is 0. The summed E-state index contributed by atoms with van der Waals surface area (Å²) in [6.07, 6.45) is 1.08. The first-order chi connectivity index (χ1) is 8.08. The summed E-state index contributed by atoms with van der Waals surface area (Å²) in [5.41, 5.74) is 1.00. The summed E-state index contributed by atoms with van der Waals surface area (Å²) < 4.78 is 5.56. The van der Waals surface area contributed by atoms with Gasteiger partial charge in [-0.25, -0.2) is 0 Å². The van der Waals surface area contributed by atoms with Crippen molar-refractivity contribution in [3.05, 3.63) is 27.7 Å². The van der Waals surface area contributed by atoms with Crippen molar-refractivity contribution in [1.82, 2.24) is 5.32 Å². The van der Waals surface area contributed by atoms with E-state index in [2.05, 4.69) is 19.2 Å². The molecule has 0 bridgehead atoms. The molecule has 1 aromatic carbocycles. The van der Waals surface area contributed by atoms with Crippen molar-refractivity contribution >= 4 is 35.6 Å². The Morgan fingerprint density at radius 2 is 1.94 bits per heavy atom. The van der Waals surface area contributed by atoms with Crippen molar-refractivity contribution in [2.24, 2.45) is 0 Å². The van der Waals surface area contributed by atoms with Crippen LogP contribution in [0.3, 0.4) is 0 Å². The minimum absolute atomic E-state index is 0. The molecule has 1 rings (SSSR count). The second-order valence-corrected chi connectivity index (χ2v) is 4.84. The van der Waals surface area contributed by atoms with E-state index in [-0.39, 0.29) is 12.4 Å². The SMILES string of the molecule is CCOc1c(Cl)cc(Cl)cc1CNC(C)CC.Cl. The number of rotatable bonds is 6. The molecule has 0 saturated heterocycles. The van der Waals surface area contributed by atoms with Crippen LogP contribution in [0.4, 0.5) is 0 Å². The molecule has 0 spiro atoms. The van der Waals surface area contributed by atoms with E-state index in [1.54, 1.807) is 6.07 Å². The molecule has 0 radical (unpaired) electrons. The summed E-state index contributed by atoms with van der Waals surface area (Å²) in [5.74, 6) is 0.731. The summed E-state index contributed by atoms with van der Waals surface area (Å²) in [6.45, 7) is 7.54. The van der Waals surface area contributed by atoms with Gasteiger partial charge in [-0.05, 0) is 32.4 Å². The monoisotopic (exact) mass is 311 g/mol. The fourth-order valence-corrected chi connectivity index (χ4v) is 2.07. The van der Waals surface area contributed by atoms with E-state index in [0.717, 1.165) is 17.7 Å². The van der Waals surface area contributed by atoms with Gasteiger partial charge in [0.1, 0.15) is 5.75 Å². The Hall–Kier alpha value is -0.150. The molecular weight excluding hydrogens is 293 g/mol. The highest BCUT2D eigenvalue weighted by molar-refractivity contribution is 6.35. The fraction of sp³-hybridized carbons (Fsp3) is 0.538. The van der Waals surface area contributed by atoms with E-state index in [4.69, 9.17) is 27.9 Å². The number of hydrogen-bond acceptors (Lipinski definition) is 2. The summed E-state index contributed by atoms with van der Waals surface area (Å²) in [4.78, 5) is 0. The van der Waals surface area contributed by atoms with Gasteiger partial charge in [0.2, 0.25) is 0 Å². The molecule has 0 heterocycles. The van der Waals surface area contributed by atoms with E-state index in [9.17, 15) is 0 Å². The Bertz CT molecular complexity index is 371. The first-order valence-electron chi connectivity index (χ1n) is 5.92. The van der Waals surface area contributed by atoms with E-state index in [1.165, 1.54) is 0 Å². The third-order valence-corrected chi connectivity index (χ3v) is 3.13. The van der Waals surface area contributed by atoms with Gasteiger partial charge in [0.25, 0.3) is 0 Å². The highest BCUT2D eigenvalue weighted by Crippen LogP contribution is 2.32. The number of ether oxygens (including phenoxy) is 1. The lowest BCUT2D eigenvalue weighted by Crippen LogP contribution is -2.24. The number of nitrogens with one attached hydrogen (secondary N) is 1. The number of benzene rings is 1. The normalized spacial score (nSPS) is 11.8.